The summed E-state index contributed by atoms with van der Waals surface area (Å²) in [5, 5.41) is 7.16. The molecule has 0 bridgehead atoms. The summed E-state index contributed by atoms with van der Waals surface area (Å²) in [5.74, 6) is 2.30. The van der Waals surface area contributed by atoms with Gasteiger partial charge in [-0.3, -0.25) is 4.68 Å². The molecule has 0 radical (unpaired) electrons. The first-order chi connectivity index (χ1) is 8.52. The van der Waals surface area contributed by atoms with E-state index in [9.17, 15) is 8.42 Å². The predicted molar refractivity (Wildman–Crippen MR) is 69.4 cm³/mol. The molecule has 1 N–H and O–H groups in total. The highest BCUT2D eigenvalue weighted by Crippen LogP contribution is 2.12. The lowest BCUT2D eigenvalue weighted by Crippen LogP contribution is -2.27. The van der Waals surface area contributed by atoms with Crippen LogP contribution in [0.5, 0.6) is 0 Å². The molecule has 0 aliphatic carbocycles. The van der Waals surface area contributed by atoms with Crippen LogP contribution < -0.4 is 5.32 Å². The number of hydrogen-bond acceptors (Lipinski definition) is 4. The third-order valence-corrected chi connectivity index (χ3v) is 4.16. The predicted octanol–water partition coefficient (Wildman–Crippen LogP) is -0.254. The molecule has 0 saturated carbocycles. The van der Waals surface area contributed by atoms with Crippen LogP contribution in [0.25, 0.3) is 0 Å². The molecular formula is C11H18N4O2S. The average molecular weight is 270 g/mol. The van der Waals surface area contributed by atoms with Crippen molar-refractivity contribution in [3.8, 4) is 12.3 Å². The van der Waals surface area contributed by atoms with E-state index in [2.05, 4.69) is 16.3 Å². The Kier molecular flexibility index (Phi) is 5.34. The van der Waals surface area contributed by atoms with E-state index in [1.807, 2.05) is 6.92 Å². The van der Waals surface area contributed by atoms with Gasteiger partial charge in [0.25, 0.3) is 0 Å². The molecule has 0 saturated heterocycles. The topological polar surface area (TPSA) is 67.2 Å². The molecule has 0 fully saturated rings. The molecular weight excluding hydrogens is 252 g/mol. The maximum Gasteiger partial charge on any atom is 0.246 e. The van der Waals surface area contributed by atoms with Gasteiger partial charge < -0.3 is 5.32 Å². The van der Waals surface area contributed by atoms with E-state index in [1.165, 1.54) is 19.4 Å². The number of hydrogen-bond donors (Lipinski definition) is 1. The van der Waals surface area contributed by atoms with E-state index in [4.69, 9.17) is 6.42 Å². The third-order valence-electron chi connectivity index (χ3n) is 2.40. The Hall–Kier alpha value is -1.36. The van der Waals surface area contributed by atoms with Crippen LogP contribution in [0.3, 0.4) is 0 Å². The summed E-state index contributed by atoms with van der Waals surface area (Å²) in [4.78, 5) is 0.164. The Morgan fingerprint density at radius 2 is 2.33 bits per heavy atom. The van der Waals surface area contributed by atoms with Gasteiger partial charge in [-0.15, -0.1) is 6.42 Å². The molecule has 1 rings (SSSR count). The van der Waals surface area contributed by atoms with Crippen molar-refractivity contribution in [3.05, 3.63) is 12.4 Å². The summed E-state index contributed by atoms with van der Waals surface area (Å²) in [6.07, 6.45) is 7.96. The SMILES string of the molecule is C#CCN(C)S(=O)(=O)c1cnn(CCNCC)c1. The minimum absolute atomic E-state index is 0.0465. The summed E-state index contributed by atoms with van der Waals surface area (Å²) >= 11 is 0. The normalized spacial score (nSPS) is 11.7. The van der Waals surface area contributed by atoms with Crippen LogP contribution in [0.1, 0.15) is 6.92 Å². The van der Waals surface area contributed by atoms with Crippen LogP contribution in [0.15, 0.2) is 17.3 Å². The zero-order valence-electron chi connectivity index (χ0n) is 10.6. The summed E-state index contributed by atoms with van der Waals surface area (Å²) in [7, 11) is -2.07. The second-order valence-corrected chi connectivity index (χ2v) is 5.80. The van der Waals surface area contributed by atoms with E-state index in [-0.39, 0.29) is 11.4 Å². The molecule has 0 aromatic carbocycles. The van der Waals surface area contributed by atoms with Crippen molar-refractivity contribution in [2.24, 2.45) is 0 Å². The van der Waals surface area contributed by atoms with E-state index in [1.54, 1.807) is 4.68 Å². The fourth-order valence-electron chi connectivity index (χ4n) is 1.36. The first-order valence-electron chi connectivity index (χ1n) is 5.65. The fraction of sp³-hybridized carbons (Fsp3) is 0.545. The smallest absolute Gasteiger partial charge is 0.246 e. The van der Waals surface area contributed by atoms with E-state index < -0.39 is 10.0 Å². The number of rotatable bonds is 7. The lowest BCUT2D eigenvalue weighted by atomic mass is 10.6. The Labute approximate surface area is 108 Å². The van der Waals surface area contributed by atoms with Gasteiger partial charge in [0.2, 0.25) is 10.0 Å². The van der Waals surface area contributed by atoms with Gasteiger partial charge in [0.05, 0.1) is 19.3 Å². The van der Waals surface area contributed by atoms with Gasteiger partial charge in [-0.25, -0.2) is 8.42 Å². The average Bonchev–Trinajstić information content (AvgIpc) is 2.79. The van der Waals surface area contributed by atoms with Gasteiger partial charge in [-0.1, -0.05) is 12.8 Å². The lowest BCUT2D eigenvalue weighted by molar-refractivity contribution is 0.502. The van der Waals surface area contributed by atoms with Gasteiger partial charge in [-0.2, -0.15) is 9.40 Å². The fourth-order valence-corrected chi connectivity index (χ4v) is 2.40. The molecule has 6 nitrogen and oxygen atoms in total. The summed E-state index contributed by atoms with van der Waals surface area (Å²) in [6.45, 7) is 4.30. The highest BCUT2D eigenvalue weighted by Gasteiger charge is 2.21. The summed E-state index contributed by atoms with van der Waals surface area (Å²) in [6, 6.07) is 0. The van der Waals surface area contributed by atoms with Crippen molar-refractivity contribution in [1.82, 2.24) is 19.4 Å². The van der Waals surface area contributed by atoms with Crippen LogP contribution in [0.4, 0.5) is 0 Å². The molecule has 0 aliphatic rings. The van der Waals surface area contributed by atoms with Crippen LogP contribution in [-0.4, -0.2) is 49.2 Å². The maximum absolute atomic E-state index is 12.0. The molecule has 100 valence electrons. The van der Waals surface area contributed by atoms with Gasteiger partial charge in [-0.05, 0) is 6.54 Å². The molecule has 0 atom stereocenters. The number of likely N-dealkylation sites (N-methyl/N-ethyl adjacent to an activating group) is 1. The van der Waals surface area contributed by atoms with Crippen LogP contribution in [0, 0.1) is 12.3 Å². The van der Waals surface area contributed by atoms with Crippen molar-refractivity contribution in [3.63, 3.8) is 0 Å². The van der Waals surface area contributed by atoms with Gasteiger partial charge >= 0.3 is 0 Å². The first-order valence-corrected chi connectivity index (χ1v) is 7.09. The Morgan fingerprint density at radius 3 is 2.94 bits per heavy atom. The molecule has 0 amide bonds. The largest absolute Gasteiger partial charge is 0.315 e. The van der Waals surface area contributed by atoms with Crippen LogP contribution >= 0.6 is 0 Å². The van der Waals surface area contributed by atoms with E-state index in [0.717, 1.165) is 17.4 Å². The lowest BCUT2D eigenvalue weighted by Gasteiger charge is -2.12. The Morgan fingerprint density at radius 1 is 1.61 bits per heavy atom. The number of sulfonamides is 1. The van der Waals surface area contributed by atoms with Crippen molar-refractivity contribution in [1.29, 1.82) is 0 Å². The molecule has 0 aliphatic heterocycles. The Balaban J connectivity index is 2.76. The zero-order chi connectivity index (χ0) is 13.6. The van der Waals surface area contributed by atoms with Gasteiger partial charge in [0.1, 0.15) is 4.90 Å². The summed E-state index contributed by atoms with van der Waals surface area (Å²) in [5.41, 5.74) is 0. The molecule has 0 spiro atoms. The second kappa shape index (κ2) is 6.54. The Bertz CT molecular complexity index is 515. The summed E-state index contributed by atoms with van der Waals surface area (Å²) < 4.78 is 26.8. The molecule has 1 aromatic rings. The standard InChI is InChI=1S/C11H18N4O2S/c1-4-7-14(3)18(16,17)11-9-13-15(10-11)8-6-12-5-2/h1,9-10,12H,5-8H2,2-3H3. The van der Waals surface area contributed by atoms with E-state index >= 15 is 0 Å². The van der Waals surface area contributed by atoms with Crippen molar-refractivity contribution < 1.29 is 8.42 Å². The second-order valence-electron chi connectivity index (χ2n) is 3.76. The number of nitrogens with zero attached hydrogens (tertiary/aromatic N) is 3. The maximum atomic E-state index is 12.0. The van der Waals surface area contributed by atoms with Crippen molar-refractivity contribution >= 4 is 10.0 Å². The highest BCUT2D eigenvalue weighted by atomic mass is 32.2. The number of nitrogens with one attached hydrogen (secondary N) is 1. The van der Waals surface area contributed by atoms with Crippen LogP contribution in [-0.2, 0) is 16.6 Å². The van der Waals surface area contributed by atoms with Crippen LogP contribution in [0.2, 0.25) is 0 Å². The number of aromatic nitrogens is 2. The van der Waals surface area contributed by atoms with Crippen molar-refractivity contribution in [2.75, 3.05) is 26.7 Å². The third kappa shape index (κ3) is 3.57. The molecule has 1 aromatic heterocycles. The minimum atomic E-state index is -3.52. The highest BCUT2D eigenvalue weighted by molar-refractivity contribution is 7.89. The molecule has 1 heterocycles. The van der Waals surface area contributed by atoms with Gasteiger partial charge in [0.15, 0.2) is 0 Å². The van der Waals surface area contributed by atoms with Gasteiger partial charge in [0, 0.05) is 19.8 Å². The molecule has 18 heavy (non-hydrogen) atoms. The first kappa shape index (κ1) is 14.7. The quantitative estimate of drug-likeness (QED) is 0.548. The van der Waals surface area contributed by atoms with E-state index in [0.29, 0.717) is 6.54 Å². The van der Waals surface area contributed by atoms with Crippen molar-refractivity contribution in [2.45, 2.75) is 18.4 Å². The zero-order valence-corrected chi connectivity index (χ0v) is 11.4. The number of terminal acetylenes is 1. The minimum Gasteiger partial charge on any atom is -0.315 e. The monoisotopic (exact) mass is 270 g/mol. The molecule has 7 heteroatoms. The molecule has 0 unspecified atom stereocenters.